The van der Waals surface area contributed by atoms with E-state index in [2.05, 4.69) is 9.82 Å². The number of hydrogen-bond donors (Lipinski definition) is 2. The highest BCUT2D eigenvalue weighted by Gasteiger charge is 2.21. The second-order valence-corrected chi connectivity index (χ2v) is 6.50. The first kappa shape index (κ1) is 14.4. The Labute approximate surface area is 118 Å². The van der Waals surface area contributed by atoms with Crippen LogP contribution in [0.5, 0.6) is 0 Å². The molecule has 0 saturated carbocycles. The zero-order valence-electron chi connectivity index (χ0n) is 11.9. The highest BCUT2D eigenvalue weighted by molar-refractivity contribution is 7.92. The molecule has 3 N–H and O–H groups in total. The lowest BCUT2D eigenvalue weighted by Gasteiger charge is -2.13. The van der Waals surface area contributed by atoms with E-state index in [1.807, 2.05) is 0 Å². The van der Waals surface area contributed by atoms with Gasteiger partial charge in [0.1, 0.15) is 5.82 Å². The van der Waals surface area contributed by atoms with Crippen molar-refractivity contribution in [2.45, 2.75) is 25.7 Å². The molecule has 0 amide bonds. The summed E-state index contributed by atoms with van der Waals surface area (Å²) >= 11 is 0. The molecule has 0 aliphatic rings. The van der Waals surface area contributed by atoms with Gasteiger partial charge in [0.2, 0.25) is 0 Å². The van der Waals surface area contributed by atoms with Gasteiger partial charge in [0.15, 0.2) is 0 Å². The molecule has 0 aliphatic carbocycles. The number of hydrogen-bond acceptors (Lipinski definition) is 4. The molecule has 0 atom stereocenters. The van der Waals surface area contributed by atoms with Crippen molar-refractivity contribution in [1.82, 2.24) is 9.78 Å². The fourth-order valence-corrected chi connectivity index (χ4v) is 3.84. The first-order chi connectivity index (χ1) is 9.20. The third kappa shape index (κ3) is 2.62. The first-order valence-electron chi connectivity index (χ1n) is 6.11. The number of aryl methyl sites for hydroxylation is 4. The Kier molecular flexibility index (Phi) is 3.47. The summed E-state index contributed by atoms with van der Waals surface area (Å²) in [6.07, 6.45) is 0. The maximum atomic E-state index is 12.5. The van der Waals surface area contributed by atoms with Gasteiger partial charge in [0.25, 0.3) is 10.0 Å². The number of anilines is 2. The normalized spacial score (nSPS) is 11.6. The van der Waals surface area contributed by atoms with Crippen molar-refractivity contribution in [3.63, 3.8) is 0 Å². The zero-order valence-corrected chi connectivity index (χ0v) is 12.7. The smallest absolute Gasteiger partial charge is 0.263 e. The van der Waals surface area contributed by atoms with E-state index in [9.17, 15) is 8.42 Å². The van der Waals surface area contributed by atoms with E-state index < -0.39 is 10.0 Å². The second kappa shape index (κ2) is 4.82. The van der Waals surface area contributed by atoms with Crippen molar-refractivity contribution in [3.8, 4) is 0 Å². The average Bonchev–Trinajstić information content (AvgIpc) is 2.53. The molecule has 6 nitrogen and oxygen atoms in total. The Balaban J connectivity index is 2.49. The maximum absolute atomic E-state index is 12.5. The molecule has 0 radical (unpaired) electrons. The van der Waals surface area contributed by atoms with Crippen molar-refractivity contribution in [3.05, 3.63) is 35.0 Å². The number of benzene rings is 1. The van der Waals surface area contributed by atoms with E-state index in [0.29, 0.717) is 22.6 Å². The Morgan fingerprint density at radius 1 is 1.15 bits per heavy atom. The highest BCUT2D eigenvalue weighted by atomic mass is 32.2. The molecular weight excluding hydrogens is 276 g/mol. The molecule has 1 heterocycles. The van der Waals surface area contributed by atoms with Crippen LogP contribution in [0, 0.1) is 20.8 Å². The lowest BCUT2D eigenvalue weighted by atomic mass is 10.1. The number of nitrogens with two attached hydrogens (primary N) is 1. The minimum absolute atomic E-state index is 0.255. The number of sulfonamides is 1. The molecule has 0 fully saturated rings. The number of nitrogens with zero attached hydrogens (tertiary/aromatic N) is 2. The van der Waals surface area contributed by atoms with E-state index >= 15 is 0 Å². The molecule has 7 heteroatoms. The predicted molar refractivity (Wildman–Crippen MR) is 79.1 cm³/mol. The van der Waals surface area contributed by atoms with Crippen molar-refractivity contribution in [2.24, 2.45) is 7.05 Å². The third-order valence-corrected chi connectivity index (χ3v) is 4.65. The highest BCUT2D eigenvalue weighted by Crippen LogP contribution is 2.25. The van der Waals surface area contributed by atoms with Crippen LogP contribution in [-0.2, 0) is 17.1 Å². The molecule has 20 heavy (non-hydrogen) atoms. The van der Waals surface area contributed by atoms with Crippen LogP contribution in [0.15, 0.2) is 23.1 Å². The van der Waals surface area contributed by atoms with Crippen LogP contribution in [0.25, 0.3) is 0 Å². The zero-order chi connectivity index (χ0) is 15.1. The summed E-state index contributed by atoms with van der Waals surface area (Å²) in [7, 11) is -1.98. The first-order valence-corrected chi connectivity index (χ1v) is 7.59. The molecule has 108 valence electrons. The molecule has 0 saturated heterocycles. The van der Waals surface area contributed by atoms with Crippen LogP contribution in [0.2, 0.25) is 0 Å². The molecule has 0 aliphatic heterocycles. The Morgan fingerprint density at radius 3 is 2.15 bits per heavy atom. The Hall–Kier alpha value is -2.02. The molecule has 1 aromatic heterocycles. The van der Waals surface area contributed by atoms with E-state index in [1.165, 1.54) is 4.68 Å². The topological polar surface area (TPSA) is 90.0 Å². The molecular formula is C13H18N4O2S. The largest absolute Gasteiger partial charge is 0.399 e. The monoisotopic (exact) mass is 294 g/mol. The van der Waals surface area contributed by atoms with Gasteiger partial charge in [-0.1, -0.05) is 0 Å². The van der Waals surface area contributed by atoms with Crippen LogP contribution in [-0.4, -0.2) is 18.2 Å². The number of nitrogen functional groups attached to an aromatic ring is 1. The second-order valence-electron chi connectivity index (χ2n) is 4.88. The predicted octanol–water partition coefficient (Wildman–Crippen LogP) is 1.73. The van der Waals surface area contributed by atoms with Crippen LogP contribution < -0.4 is 10.5 Å². The summed E-state index contributed by atoms with van der Waals surface area (Å²) in [5.41, 5.74) is 8.26. The van der Waals surface area contributed by atoms with Gasteiger partial charge >= 0.3 is 0 Å². The molecule has 2 aromatic rings. The lowest BCUT2D eigenvalue weighted by molar-refractivity contribution is 0.599. The number of rotatable bonds is 3. The van der Waals surface area contributed by atoms with Gasteiger partial charge < -0.3 is 5.73 Å². The quantitative estimate of drug-likeness (QED) is 0.844. The molecule has 1 aromatic carbocycles. The Bertz CT molecular complexity index is 740. The van der Waals surface area contributed by atoms with Crippen molar-refractivity contribution >= 4 is 21.5 Å². The van der Waals surface area contributed by atoms with Gasteiger partial charge in [0, 0.05) is 18.8 Å². The van der Waals surface area contributed by atoms with Gasteiger partial charge in [-0.15, -0.1) is 0 Å². The van der Waals surface area contributed by atoms with Gasteiger partial charge in [-0.2, -0.15) is 5.10 Å². The van der Waals surface area contributed by atoms with E-state index in [0.717, 1.165) is 5.69 Å². The average molecular weight is 294 g/mol. The fourth-order valence-electron chi connectivity index (χ4n) is 2.30. The van der Waals surface area contributed by atoms with Gasteiger partial charge in [0.05, 0.1) is 10.6 Å². The number of nitrogens with one attached hydrogen (secondary N) is 1. The lowest BCUT2D eigenvalue weighted by Crippen LogP contribution is -2.17. The standard InChI is InChI=1S/C13H18N4O2S/c1-8-5-11(14)6-9(2)13(8)20(18,19)16-12-7-10(3)15-17(12)4/h5-7,16H,14H2,1-4H3. The Morgan fingerprint density at radius 2 is 1.70 bits per heavy atom. The molecule has 2 rings (SSSR count). The molecule has 0 unspecified atom stereocenters. The maximum Gasteiger partial charge on any atom is 0.263 e. The van der Waals surface area contributed by atoms with Crippen LogP contribution in [0.3, 0.4) is 0 Å². The van der Waals surface area contributed by atoms with E-state index in [4.69, 9.17) is 5.73 Å². The van der Waals surface area contributed by atoms with Gasteiger partial charge in [-0.05, 0) is 44.0 Å². The van der Waals surface area contributed by atoms with Gasteiger partial charge in [-0.25, -0.2) is 8.42 Å². The van der Waals surface area contributed by atoms with Crippen LogP contribution >= 0.6 is 0 Å². The minimum Gasteiger partial charge on any atom is -0.399 e. The summed E-state index contributed by atoms with van der Waals surface area (Å²) in [6, 6.07) is 4.98. The summed E-state index contributed by atoms with van der Waals surface area (Å²) in [4.78, 5) is 0.255. The van der Waals surface area contributed by atoms with Crippen molar-refractivity contribution in [2.75, 3.05) is 10.5 Å². The molecule has 0 bridgehead atoms. The van der Waals surface area contributed by atoms with Crippen molar-refractivity contribution < 1.29 is 8.42 Å². The summed E-state index contributed by atoms with van der Waals surface area (Å²) in [6.45, 7) is 5.26. The van der Waals surface area contributed by atoms with Gasteiger partial charge in [-0.3, -0.25) is 9.40 Å². The third-order valence-electron chi connectivity index (χ3n) is 2.99. The molecule has 0 spiro atoms. The summed E-state index contributed by atoms with van der Waals surface area (Å²) in [5, 5.41) is 4.12. The summed E-state index contributed by atoms with van der Waals surface area (Å²) in [5.74, 6) is 0.429. The summed E-state index contributed by atoms with van der Waals surface area (Å²) < 4.78 is 29.1. The van der Waals surface area contributed by atoms with Crippen LogP contribution in [0.1, 0.15) is 16.8 Å². The SMILES string of the molecule is Cc1cc(NS(=O)(=O)c2c(C)cc(N)cc2C)n(C)n1. The van der Waals surface area contributed by atoms with E-state index in [1.54, 1.807) is 46.0 Å². The van der Waals surface area contributed by atoms with E-state index in [-0.39, 0.29) is 4.90 Å². The fraction of sp³-hybridized carbons (Fsp3) is 0.308. The van der Waals surface area contributed by atoms with Crippen LogP contribution in [0.4, 0.5) is 11.5 Å². The minimum atomic E-state index is -3.67. The van der Waals surface area contributed by atoms with Crippen molar-refractivity contribution in [1.29, 1.82) is 0 Å². The number of aromatic nitrogens is 2.